The Bertz CT molecular complexity index is 1040. The number of para-hydroxylation sites is 1. The second-order valence-corrected chi connectivity index (χ2v) is 6.10. The number of rotatable bonds is 2. The molecule has 0 radical (unpaired) electrons. The summed E-state index contributed by atoms with van der Waals surface area (Å²) in [4.78, 5) is 23.9. The molecule has 1 aromatic carbocycles. The van der Waals surface area contributed by atoms with Gasteiger partial charge >= 0.3 is 0 Å². The van der Waals surface area contributed by atoms with Crippen molar-refractivity contribution in [1.82, 2.24) is 24.9 Å². The first-order valence-electron chi connectivity index (χ1n) is 8.33. The van der Waals surface area contributed by atoms with Gasteiger partial charge in [0.2, 0.25) is 0 Å². The van der Waals surface area contributed by atoms with E-state index in [1.165, 1.54) is 0 Å². The molecule has 0 fully saturated rings. The van der Waals surface area contributed by atoms with Gasteiger partial charge in [-0.25, -0.2) is 15.0 Å². The summed E-state index contributed by atoms with van der Waals surface area (Å²) < 4.78 is 0. The van der Waals surface area contributed by atoms with Crippen molar-refractivity contribution in [1.29, 1.82) is 0 Å². The fraction of sp³-hybridized carbons (Fsp3) is 0.158. The molecule has 4 heterocycles. The highest BCUT2D eigenvalue weighted by Gasteiger charge is 2.22. The Kier molecular flexibility index (Phi) is 3.19. The maximum Gasteiger partial charge on any atom is 0.180 e. The number of aromatic amines is 1. The van der Waals surface area contributed by atoms with Crippen LogP contribution in [0.1, 0.15) is 11.4 Å². The number of H-pyrrole nitrogens is 1. The third-order valence-electron chi connectivity index (χ3n) is 4.55. The normalized spacial score (nSPS) is 13.8. The zero-order chi connectivity index (χ0) is 16.6. The molecule has 0 spiro atoms. The largest absolute Gasteiger partial charge is 0.350 e. The summed E-state index contributed by atoms with van der Waals surface area (Å²) in [6, 6.07) is 13.9. The lowest BCUT2D eigenvalue weighted by Crippen LogP contribution is -2.31. The summed E-state index contributed by atoms with van der Waals surface area (Å²) in [6.07, 6.45) is 4.45. The average molecular weight is 328 g/mol. The number of fused-ring (bicyclic) bond motifs is 2. The van der Waals surface area contributed by atoms with E-state index in [-0.39, 0.29) is 0 Å². The highest BCUT2D eigenvalue weighted by molar-refractivity contribution is 5.91. The van der Waals surface area contributed by atoms with Gasteiger partial charge in [0.25, 0.3) is 0 Å². The number of benzene rings is 1. The zero-order valence-corrected chi connectivity index (χ0v) is 13.6. The molecule has 6 heteroatoms. The van der Waals surface area contributed by atoms with Crippen molar-refractivity contribution in [3.63, 3.8) is 0 Å². The van der Waals surface area contributed by atoms with Gasteiger partial charge < -0.3 is 9.88 Å². The fourth-order valence-corrected chi connectivity index (χ4v) is 3.30. The lowest BCUT2D eigenvalue weighted by molar-refractivity contribution is 0.704. The van der Waals surface area contributed by atoms with Crippen LogP contribution in [0.15, 0.2) is 55.0 Å². The summed E-state index contributed by atoms with van der Waals surface area (Å²) in [5, 5.41) is 1.06. The first kappa shape index (κ1) is 14.1. The van der Waals surface area contributed by atoms with E-state index in [2.05, 4.69) is 25.9 Å². The molecule has 0 amide bonds. The predicted molar refractivity (Wildman–Crippen MR) is 96.1 cm³/mol. The molecule has 6 nitrogen and oxygen atoms in total. The van der Waals surface area contributed by atoms with Crippen LogP contribution in [-0.4, -0.2) is 31.5 Å². The lowest BCUT2D eigenvalue weighted by atomic mass is 10.1. The summed E-state index contributed by atoms with van der Waals surface area (Å²) in [7, 11) is 0. The van der Waals surface area contributed by atoms with E-state index in [0.29, 0.717) is 5.82 Å². The van der Waals surface area contributed by atoms with E-state index in [4.69, 9.17) is 9.97 Å². The van der Waals surface area contributed by atoms with Crippen molar-refractivity contribution in [2.24, 2.45) is 0 Å². The van der Waals surface area contributed by atoms with Crippen molar-refractivity contribution < 1.29 is 0 Å². The first-order chi connectivity index (χ1) is 12.4. The summed E-state index contributed by atoms with van der Waals surface area (Å²) in [5.41, 5.74) is 4.03. The van der Waals surface area contributed by atoms with E-state index in [0.717, 1.165) is 53.3 Å². The molecule has 25 heavy (non-hydrogen) atoms. The molecule has 1 aliphatic rings. The van der Waals surface area contributed by atoms with E-state index < -0.39 is 0 Å². The number of anilines is 1. The van der Waals surface area contributed by atoms with Gasteiger partial charge in [0.1, 0.15) is 11.5 Å². The van der Waals surface area contributed by atoms with Crippen LogP contribution >= 0.6 is 0 Å². The van der Waals surface area contributed by atoms with E-state index >= 15 is 0 Å². The molecular weight excluding hydrogens is 312 g/mol. The van der Waals surface area contributed by atoms with Gasteiger partial charge in [0, 0.05) is 24.5 Å². The standard InChI is InChI=1S/C19H16N6/c1-2-6-14-13(5-1)19(24-18(23-14)16-7-3-4-9-20-16)25-10-8-15-17(11-25)22-12-21-15/h1-7,9,12H,8,10-11H2,(H,21,22). The Morgan fingerprint density at radius 1 is 0.960 bits per heavy atom. The van der Waals surface area contributed by atoms with Gasteiger partial charge in [-0.15, -0.1) is 0 Å². The van der Waals surface area contributed by atoms with Crippen LogP contribution in [0.4, 0.5) is 5.82 Å². The van der Waals surface area contributed by atoms with Crippen LogP contribution < -0.4 is 4.90 Å². The van der Waals surface area contributed by atoms with Gasteiger partial charge in [-0.1, -0.05) is 18.2 Å². The number of hydrogen-bond donors (Lipinski definition) is 1. The van der Waals surface area contributed by atoms with Gasteiger partial charge in [0.05, 0.1) is 29.8 Å². The molecule has 1 aliphatic heterocycles. The van der Waals surface area contributed by atoms with Crippen LogP contribution in [-0.2, 0) is 13.0 Å². The van der Waals surface area contributed by atoms with Crippen LogP contribution in [0.5, 0.6) is 0 Å². The Morgan fingerprint density at radius 2 is 1.88 bits per heavy atom. The molecule has 0 bridgehead atoms. The Hall–Kier alpha value is -3.28. The van der Waals surface area contributed by atoms with Crippen molar-refractivity contribution in [3.8, 4) is 11.5 Å². The molecule has 122 valence electrons. The quantitative estimate of drug-likeness (QED) is 0.612. The Morgan fingerprint density at radius 3 is 2.80 bits per heavy atom. The average Bonchev–Trinajstić information content (AvgIpc) is 3.15. The van der Waals surface area contributed by atoms with Gasteiger partial charge in [-0.3, -0.25) is 4.98 Å². The number of pyridine rings is 1. The van der Waals surface area contributed by atoms with E-state index in [1.807, 2.05) is 36.4 Å². The lowest BCUT2D eigenvalue weighted by Gasteiger charge is -2.28. The minimum atomic E-state index is 0.657. The molecular formula is C19H16N6. The smallest absolute Gasteiger partial charge is 0.180 e. The van der Waals surface area contributed by atoms with E-state index in [1.54, 1.807) is 12.5 Å². The molecule has 5 rings (SSSR count). The van der Waals surface area contributed by atoms with Crippen molar-refractivity contribution in [2.75, 3.05) is 11.4 Å². The molecule has 0 saturated carbocycles. The zero-order valence-electron chi connectivity index (χ0n) is 13.6. The number of imidazole rings is 1. The Balaban J connectivity index is 1.66. The second-order valence-electron chi connectivity index (χ2n) is 6.10. The van der Waals surface area contributed by atoms with Crippen molar-refractivity contribution in [3.05, 3.63) is 66.4 Å². The third kappa shape index (κ3) is 2.42. The first-order valence-corrected chi connectivity index (χ1v) is 8.33. The monoisotopic (exact) mass is 328 g/mol. The number of hydrogen-bond acceptors (Lipinski definition) is 5. The summed E-state index contributed by atoms with van der Waals surface area (Å²) in [6.45, 7) is 1.67. The maximum absolute atomic E-state index is 4.87. The van der Waals surface area contributed by atoms with Gasteiger partial charge in [0.15, 0.2) is 5.82 Å². The van der Waals surface area contributed by atoms with Crippen molar-refractivity contribution >= 4 is 16.7 Å². The number of aromatic nitrogens is 5. The minimum absolute atomic E-state index is 0.657. The van der Waals surface area contributed by atoms with Crippen LogP contribution in [0, 0.1) is 0 Å². The molecule has 4 aromatic rings. The van der Waals surface area contributed by atoms with Crippen molar-refractivity contribution in [2.45, 2.75) is 13.0 Å². The highest BCUT2D eigenvalue weighted by atomic mass is 15.2. The molecule has 0 saturated heterocycles. The fourth-order valence-electron chi connectivity index (χ4n) is 3.30. The van der Waals surface area contributed by atoms with Crippen LogP contribution in [0.3, 0.4) is 0 Å². The molecule has 0 unspecified atom stereocenters. The summed E-state index contributed by atoms with van der Waals surface area (Å²) in [5.74, 6) is 1.61. The second kappa shape index (κ2) is 5.66. The topological polar surface area (TPSA) is 70.6 Å². The molecule has 0 atom stereocenters. The van der Waals surface area contributed by atoms with Crippen LogP contribution in [0.2, 0.25) is 0 Å². The maximum atomic E-state index is 4.87. The van der Waals surface area contributed by atoms with Crippen LogP contribution in [0.25, 0.3) is 22.4 Å². The Labute approximate surface area is 144 Å². The predicted octanol–water partition coefficient (Wildman–Crippen LogP) is 2.98. The molecule has 0 aliphatic carbocycles. The highest BCUT2D eigenvalue weighted by Crippen LogP contribution is 2.29. The third-order valence-corrected chi connectivity index (χ3v) is 4.55. The summed E-state index contributed by atoms with van der Waals surface area (Å²) >= 11 is 0. The SMILES string of the molecule is c1ccc(-c2nc(N3CCc4nc[nH]c4C3)c3ccccc3n2)nc1. The van der Waals surface area contributed by atoms with Gasteiger partial charge in [-0.2, -0.15) is 0 Å². The molecule has 3 aromatic heterocycles. The minimum Gasteiger partial charge on any atom is -0.350 e. The number of nitrogens with one attached hydrogen (secondary N) is 1. The van der Waals surface area contributed by atoms with E-state index in [9.17, 15) is 0 Å². The molecule has 1 N–H and O–H groups in total. The van der Waals surface area contributed by atoms with Gasteiger partial charge in [-0.05, 0) is 24.3 Å². The number of nitrogens with zero attached hydrogens (tertiary/aromatic N) is 5.